The molecule has 0 spiro atoms. The number of hydrogen-bond acceptors (Lipinski definition) is 3. The second kappa shape index (κ2) is 10.1. The van der Waals surface area contributed by atoms with Crippen molar-refractivity contribution in [2.24, 2.45) is 0 Å². The molecule has 0 saturated heterocycles. The summed E-state index contributed by atoms with van der Waals surface area (Å²) in [6, 6.07) is 18.1. The van der Waals surface area contributed by atoms with Gasteiger partial charge in [0.25, 0.3) is 0 Å². The quantitative estimate of drug-likeness (QED) is 0.660. The van der Waals surface area contributed by atoms with Gasteiger partial charge < -0.3 is 14.8 Å². The van der Waals surface area contributed by atoms with Crippen molar-refractivity contribution in [1.29, 1.82) is 0 Å². The van der Waals surface area contributed by atoms with Crippen LogP contribution in [0.5, 0.6) is 5.75 Å². The molecular weight excluding hydrogens is 338 g/mol. The molecule has 1 fully saturated rings. The minimum absolute atomic E-state index is 0.0376. The molecule has 2 aromatic rings. The first-order chi connectivity index (χ1) is 13.3. The summed E-state index contributed by atoms with van der Waals surface area (Å²) < 4.78 is 11.9. The largest absolute Gasteiger partial charge is 0.491 e. The van der Waals surface area contributed by atoms with Crippen LogP contribution in [-0.4, -0.2) is 31.3 Å². The van der Waals surface area contributed by atoms with E-state index in [1.165, 1.54) is 12.8 Å². The highest BCUT2D eigenvalue weighted by Gasteiger charge is 2.24. The molecule has 1 N–H and O–H groups in total. The Kier molecular flexibility index (Phi) is 7.28. The number of nitrogens with one attached hydrogen (secondary N) is 1. The molecule has 4 heteroatoms. The van der Waals surface area contributed by atoms with E-state index >= 15 is 0 Å². The monoisotopic (exact) mass is 367 g/mol. The molecule has 1 unspecified atom stereocenters. The maximum atomic E-state index is 12.4. The van der Waals surface area contributed by atoms with Gasteiger partial charge in [-0.25, -0.2) is 0 Å². The van der Waals surface area contributed by atoms with Gasteiger partial charge in [0.05, 0.1) is 12.6 Å². The van der Waals surface area contributed by atoms with Gasteiger partial charge in [0.15, 0.2) is 0 Å². The van der Waals surface area contributed by atoms with E-state index in [0.29, 0.717) is 19.6 Å². The van der Waals surface area contributed by atoms with E-state index in [4.69, 9.17) is 9.47 Å². The van der Waals surface area contributed by atoms with Crippen molar-refractivity contribution in [2.75, 3.05) is 13.2 Å². The summed E-state index contributed by atoms with van der Waals surface area (Å²) >= 11 is 0. The number of carbonyl (C=O) groups is 1. The van der Waals surface area contributed by atoms with Crippen molar-refractivity contribution < 1.29 is 14.3 Å². The molecule has 1 aliphatic rings. The summed E-state index contributed by atoms with van der Waals surface area (Å²) in [5.41, 5.74) is 2.17. The van der Waals surface area contributed by atoms with Crippen LogP contribution in [0, 0.1) is 0 Å². The molecule has 1 amide bonds. The van der Waals surface area contributed by atoms with Gasteiger partial charge in [-0.3, -0.25) is 4.79 Å². The zero-order chi connectivity index (χ0) is 18.9. The normalized spacial score (nSPS) is 15.4. The summed E-state index contributed by atoms with van der Waals surface area (Å²) in [7, 11) is 0. The lowest BCUT2D eigenvalue weighted by atomic mass is 10.1. The lowest BCUT2D eigenvalue weighted by molar-refractivity contribution is -0.136. The SMILES string of the molecule is CCC(OC1CCCC1)C(=O)NCCOc1ccccc1-c1ccccc1. The Balaban J connectivity index is 1.48. The average Bonchev–Trinajstić information content (AvgIpc) is 3.23. The summed E-state index contributed by atoms with van der Waals surface area (Å²) in [4.78, 5) is 12.4. The molecule has 3 rings (SSSR count). The first-order valence-corrected chi connectivity index (χ1v) is 9.98. The van der Waals surface area contributed by atoms with Crippen molar-refractivity contribution in [2.45, 2.75) is 51.2 Å². The highest BCUT2D eigenvalue weighted by molar-refractivity contribution is 5.80. The first-order valence-electron chi connectivity index (χ1n) is 9.98. The standard InChI is InChI=1S/C23H29NO3/c1-2-21(27-19-12-6-7-13-19)23(25)24-16-17-26-22-15-9-8-14-20(22)18-10-4-3-5-11-18/h3-5,8-11,14-15,19,21H,2,6-7,12-13,16-17H2,1H3,(H,24,25). The molecular formula is C23H29NO3. The fraction of sp³-hybridized carbons (Fsp3) is 0.435. The topological polar surface area (TPSA) is 47.6 Å². The maximum absolute atomic E-state index is 12.4. The fourth-order valence-electron chi connectivity index (χ4n) is 3.50. The van der Waals surface area contributed by atoms with Crippen LogP contribution >= 0.6 is 0 Å². The van der Waals surface area contributed by atoms with E-state index in [1.54, 1.807) is 0 Å². The van der Waals surface area contributed by atoms with Crippen LogP contribution in [0.3, 0.4) is 0 Å². The van der Waals surface area contributed by atoms with Crippen molar-refractivity contribution in [3.8, 4) is 16.9 Å². The molecule has 0 bridgehead atoms. The Morgan fingerprint density at radius 3 is 2.52 bits per heavy atom. The van der Waals surface area contributed by atoms with Crippen molar-refractivity contribution >= 4 is 5.91 Å². The van der Waals surface area contributed by atoms with E-state index in [0.717, 1.165) is 29.7 Å². The van der Waals surface area contributed by atoms with Crippen LogP contribution in [0.15, 0.2) is 54.6 Å². The molecule has 1 atom stereocenters. The number of ether oxygens (including phenoxy) is 2. The second-order valence-electron chi connectivity index (χ2n) is 6.94. The van der Waals surface area contributed by atoms with Crippen LogP contribution < -0.4 is 10.1 Å². The minimum Gasteiger partial charge on any atom is -0.491 e. The molecule has 1 saturated carbocycles. The third-order valence-corrected chi connectivity index (χ3v) is 4.95. The molecule has 2 aromatic carbocycles. The van der Waals surface area contributed by atoms with Gasteiger partial charge in [-0.05, 0) is 30.9 Å². The third kappa shape index (κ3) is 5.57. The van der Waals surface area contributed by atoms with E-state index in [9.17, 15) is 4.79 Å². The zero-order valence-corrected chi connectivity index (χ0v) is 16.0. The predicted octanol–water partition coefficient (Wildman–Crippen LogP) is 4.59. The summed E-state index contributed by atoms with van der Waals surface area (Å²) in [5, 5.41) is 2.95. The van der Waals surface area contributed by atoms with Crippen molar-refractivity contribution in [1.82, 2.24) is 5.32 Å². The van der Waals surface area contributed by atoms with Gasteiger partial charge in [0.1, 0.15) is 18.5 Å². The lowest BCUT2D eigenvalue weighted by Gasteiger charge is -2.20. The summed E-state index contributed by atoms with van der Waals surface area (Å²) in [6.45, 7) is 2.88. The van der Waals surface area contributed by atoms with Crippen LogP contribution in [0.2, 0.25) is 0 Å². The van der Waals surface area contributed by atoms with Gasteiger partial charge >= 0.3 is 0 Å². The predicted molar refractivity (Wildman–Crippen MR) is 108 cm³/mol. The summed E-state index contributed by atoms with van der Waals surface area (Å²) in [6.07, 6.45) is 5.14. The molecule has 1 aliphatic carbocycles. The Morgan fingerprint density at radius 1 is 1.07 bits per heavy atom. The molecule has 27 heavy (non-hydrogen) atoms. The van der Waals surface area contributed by atoms with Crippen LogP contribution in [0.4, 0.5) is 0 Å². The lowest BCUT2D eigenvalue weighted by Crippen LogP contribution is -2.39. The Bertz CT molecular complexity index is 711. The fourth-order valence-corrected chi connectivity index (χ4v) is 3.50. The second-order valence-corrected chi connectivity index (χ2v) is 6.94. The van der Waals surface area contributed by atoms with Crippen LogP contribution in [0.1, 0.15) is 39.0 Å². The zero-order valence-electron chi connectivity index (χ0n) is 16.0. The molecule has 0 aliphatic heterocycles. The van der Waals surface area contributed by atoms with Gasteiger partial charge in [-0.1, -0.05) is 68.3 Å². The molecule has 0 aromatic heterocycles. The Hall–Kier alpha value is -2.33. The summed E-state index contributed by atoms with van der Waals surface area (Å²) in [5.74, 6) is 0.788. The van der Waals surface area contributed by atoms with Gasteiger partial charge in [-0.2, -0.15) is 0 Å². The number of carbonyl (C=O) groups excluding carboxylic acids is 1. The number of benzene rings is 2. The number of hydrogen-bond donors (Lipinski definition) is 1. The first kappa shape index (κ1) is 19.4. The van der Waals surface area contributed by atoms with E-state index in [2.05, 4.69) is 17.4 Å². The number of para-hydroxylation sites is 1. The Morgan fingerprint density at radius 2 is 1.78 bits per heavy atom. The van der Waals surface area contributed by atoms with E-state index < -0.39 is 0 Å². The van der Waals surface area contributed by atoms with Crippen LogP contribution in [-0.2, 0) is 9.53 Å². The Labute approximate surface area is 161 Å². The van der Waals surface area contributed by atoms with Gasteiger partial charge in [-0.15, -0.1) is 0 Å². The maximum Gasteiger partial charge on any atom is 0.249 e. The number of amides is 1. The van der Waals surface area contributed by atoms with Gasteiger partial charge in [0, 0.05) is 5.56 Å². The molecule has 0 heterocycles. The highest BCUT2D eigenvalue weighted by Crippen LogP contribution is 2.29. The van der Waals surface area contributed by atoms with Crippen molar-refractivity contribution in [3.05, 3.63) is 54.6 Å². The molecule has 4 nitrogen and oxygen atoms in total. The van der Waals surface area contributed by atoms with E-state index in [1.807, 2.05) is 49.4 Å². The molecule has 144 valence electrons. The third-order valence-electron chi connectivity index (χ3n) is 4.95. The van der Waals surface area contributed by atoms with E-state index in [-0.39, 0.29) is 18.1 Å². The number of rotatable bonds is 9. The smallest absolute Gasteiger partial charge is 0.249 e. The average molecular weight is 367 g/mol. The highest BCUT2D eigenvalue weighted by atomic mass is 16.5. The molecule has 0 radical (unpaired) electrons. The van der Waals surface area contributed by atoms with Crippen LogP contribution in [0.25, 0.3) is 11.1 Å². The van der Waals surface area contributed by atoms with Gasteiger partial charge in [0.2, 0.25) is 5.91 Å². The van der Waals surface area contributed by atoms with Crippen molar-refractivity contribution in [3.63, 3.8) is 0 Å². The minimum atomic E-state index is -0.357.